The number of halogens is 2. The number of hydrogen-bond donors (Lipinski definition) is 1. The largest absolute Gasteiger partial charge is 0.397 e. The van der Waals surface area contributed by atoms with E-state index >= 15 is 0 Å². The highest BCUT2D eigenvalue weighted by Gasteiger charge is 2.16. The van der Waals surface area contributed by atoms with Crippen LogP contribution in [0.15, 0.2) is 21.1 Å². The van der Waals surface area contributed by atoms with E-state index in [1.807, 2.05) is 20.8 Å². The lowest BCUT2D eigenvalue weighted by molar-refractivity contribution is -0.194. The minimum Gasteiger partial charge on any atom is -0.397 e. The van der Waals surface area contributed by atoms with Gasteiger partial charge in [-0.2, -0.15) is 0 Å². The summed E-state index contributed by atoms with van der Waals surface area (Å²) in [6, 6.07) is 4.27. The molecule has 1 unspecified atom stereocenters. The van der Waals surface area contributed by atoms with Crippen molar-refractivity contribution in [1.29, 1.82) is 0 Å². The molecule has 0 aliphatic carbocycles. The Morgan fingerprint density at radius 2 is 1.35 bits per heavy atom. The molecular formula is C17H30Br2O5P2. The van der Waals surface area contributed by atoms with Crippen LogP contribution in [0.25, 0.3) is 0 Å². The molecule has 26 heavy (non-hydrogen) atoms. The first-order chi connectivity index (χ1) is 12.4. The van der Waals surface area contributed by atoms with Crippen LogP contribution >= 0.6 is 48.4 Å². The third-order valence-corrected chi connectivity index (χ3v) is 7.07. The second-order valence-electron chi connectivity index (χ2n) is 4.94. The second-order valence-corrected chi connectivity index (χ2v) is 9.87. The quantitative estimate of drug-likeness (QED) is 0.197. The normalized spacial score (nSPS) is 12.0. The van der Waals surface area contributed by atoms with E-state index in [-0.39, 0.29) is 6.61 Å². The average molecular weight is 536 g/mol. The van der Waals surface area contributed by atoms with E-state index in [1.165, 1.54) is 11.1 Å². The summed E-state index contributed by atoms with van der Waals surface area (Å²) in [6.45, 7) is 11.8. The van der Waals surface area contributed by atoms with Gasteiger partial charge >= 0.3 is 0 Å². The molecule has 5 nitrogen and oxygen atoms in total. The molecule has 1 rings (SSSR count). The third kappa shape index (κ3) is 11.6. The van der Waals surface area contributed by atoms with Crippen LogP contribution in [-0.4, -0.2) is 38.2 Å². The minimum atomic E-state index is -0.892. The van der Waals surface area contributed by atoms with Crippen LogP contribution in [0.2, 0.25) is 0 Å². The van der Waals surface area contributed by atoms with Crippen LogP contribution in [0.5, 0.6) is 0 Å². The van der Waals surface area contributed by atoms with Gasteiger partial charge in [-0.15, -0.1) is 0 Å². The van der Waals surface area contributed by atoms with Gasteiger partial charge in [0.05, 0.1) is 28.0 Å². The Kier molecular flexibility index (Phi) is 17.3. The minimum absolute atomic E-state index is 0.250. The summed E-state index contributed by atoms with van der Waals surface area (Å²) < 4.78 is 18.9. The molecule has 0 spiro atoms. The third-order valence-electron chi connectivity index (χ3n) is 2.75. The highest BCUT2D eigenvalue weighted by atomic mass is 79.9. The Hall–Kier alpha value is 0.840. The van der Waals surface area contributed by atoms with Crippen molar-refractivity contribution in [2.24, 2.45) is 0 Å². The van der Waals surface area contributed by atoms with Gasteiger partial charge in [0.15, 0.2) is 8.38 Å². The maximum atomic E-state index is 7.57. The maximum Gasteiger partial charge on any atom is 0.175 e. The van der Waals surface area contributed by atoms with Gasteiger partial charge in [-0.05, 0) is 57.6 Å². The Balaban J connectivity index is 0.00000194. The first kappa shape index (κ1) is 26.8. The molecule has 0 amide bonds. The van der Waals surface area contributed by atoms with Gasteiger partial charge < -0.3 is 14.2 Å². The molecule has 1 N–H and O–H groups in total. The van der Waals surface area contributed by atoms with E-state index in [9.17, 15) is 0 Å². The van der Waals surface area contributed by atoms with Crippen molar-refractivity contribution in [2.45, 2.75) is 40.0 Å². The van der Waals surface area contributed by atoms with Crippen molar-refractivity contribution in [3.8, 4) is 0 Å². The molecule has 1 aromatic rings. The molecule has 0 fully saturated rings. The van der Waals surface area contributed by atoms with Gasteiger partial charge in [-0.25, -0.2) is 9.56 Å². The van der Waals surface area contributed by atoms with Crippen LogP contribution in [0.1, 0.15) is 38.8 Å². The fourth-order valence-electron chi connectivity index (χ4n) is 1.84. The topological polar surface area (TPSA) is 57.2 Å². The zero-order valence-corrected chi connectivity index (χ0v) is 21.1. The molecular weight excluding hydrogens is 506 g/mol. The van der Waals surface area contributed by atoms with Gasteiger partial charge in [0.1, 0.15) is 0 Å². The van der Waals surface area contributed by atoms with Gasteiger partial charge in [-0.3, -0.25) is 0 Å². The molecule has 0 saturated carbocycles. The van der Waals surface area contributed by atoms with E-state index < -0.39 is 16.5 Å². The zero-order chi connectivity index (χ0) is 19.9. The molecule has 0 saturated heterocycles. The molecule has 152 valence electrons. The van der Waals surface area contributed by atoms with Crippen LogP contribution < -0.4 is 0 Å². The lowest BCUT2D eigenvalue weighted by Crippen LogP contribution is -1.97. The lowest BCUT2D eigenvalue weighted by atomic mass is 10.2. The number of aliphatic hydroxyl groups is 1. The lowest BCUT2D eigenvalue weighted by Gasteiger charge is -2.18. The van der Waals surface area contributed by atoms with E-state index in [0.717, 1.165) is 21.3 Å². The van der Waals surface area contributed by atoms with Crippen LogP contribution in [-0.2, 0) is 30.9 Å². The van der Waals surface area contributed by atoms with E-state index in [1.54, 1.807) is 6.92 Å². The summed E-state index contributed by atoms with van der Waals surface area (Å²) in [5.74, 6) is 0. The summed E-state index contributed by atoms with van der Waals surface area (Å²) in [5.41, 5.74) is 2.38. The molecule has 0 heterocycles. The van der Waals surface area contributed by atoms with E-state index in [4.69, 9.17) is 23.7 Å². The molecule has 0 aliphatic rings. The Labute approximate surface area is 177 Å². The van der Waals surface area contributed by atoms with Crippen LogP contribution in [0.3, 0.4) is 0 Å². The summed E-state index contributed by atoms with van der Waals surface area (Å²) in [7, 11) is -1.54. The maximum absolute atomic E-state index is 7.57. The SMILES string of the molecule is CCO.CCOOP(C)Cc1cc(Br)c(CP(OCC)OCC)cc1Br. The second kappa shape index (κ2) is 16.8. The van der Waals surface area contributed by atoms with Gasteiger partial charge in [0, 0.05) is 27.9 Å². The van der Waals surface area contributed by atoms with Crippen molar-refractivity contribution < 1.29 is 23.7 Å². The molecule has 0 bridgehead atoms. The highest BCUT2D eigenvalue weighted by Crippen LogP contribution is 2.45. The van der Waals surface area contributed by atoms with Crippen molar-refractivity contribution >= 4 is 48.4 Å². The molecule has 0 aliphatic heterocycles. The zero-order valence-electron chi connectivity index (χ0n) is 16.1. The Bertz CT molecular complexity index is 488. The van der Waals surface area contributed by atoms with Gasteiger partial charge in [0.25, 0.3) is 0 Å². The predicted octanol–water partition coefficient (Wildman–Crippen LogP) is 6.59. The van der Waals surface area contributed by atoms with Crippen molar-refractivity contribution in [3.05, 3.63) is 32.2 Å². The summed E-state index contributed by atoms with van der Waals surface area (Å²) in [4.78, 5) is 5.04. The van der Waals surface area contributed by atoms with Gasteiger partial charge in [-0.1, -0.05) is 31.9 Å². The van der Waals surface area contributed by atoms with Crippen molar-refractivity contribution in [1.82, 2.24) is 0 Å². The standard InChI is InChI=1S/C15H24Br2O4P2.C2H6O/c1-5-18-21-22(4)10-12-8-15(17)13(9-14(12)16)11-23(19-6-2)20-7-3;1-2-3/h8-9H,5-7,10-11H2,1-4H3;3H,2H2,1H3. The number of aliphatic hydroxyl groups excluding tert-OH is 1. The van der Waals surface area contributed by atoms with E-state index in [2.05, 4.69) is 50.7 Å². The number of hydrogen-bond acceptors (Lipinski definition) is 5. The highest BCUT2D eigenvalue weighted by molar-refractivity contribution is 9.11. The first-order valence-corrected chi connectivity index (χ1v) is 13.4. The smallest absolute Gasteiger partial charge is 0.175 e. The molecule has 1 aromatic carbocycles. The average Bonchev–Trinajstić information content (AvgIpc) is 2.58. The number of benzene rings is 1. The molecule has 0 radical (unpaired) electrons. The monoisotopic (exact) mass is 534 g/mol. The summed E-state index contributed by atoms with van der Waals surface area (Å²) in [5, 5.41) is 7.57. The fraction of sp³-hybridized carbons (Fsp3) is 0.647. The molecule has 9 heteroatoms. The molecule has 0 aromatic heterocycles. The van der Waals surface area contributed by atoms with Crippen molar-refractivity contribution in [2.75, 3.05) is 33.1 Å². The summed E-state index contributed by atoms with van der Waals surface area (Å²) >= 11 is 7.33. The molecule has 1 atom stereocenters. The van der Waals surface area contributed by atoms with E-state index in [0.29, 0.717) is 19.8 Å². The Morgan fingerprint density at radius 1 is 0.885 bits per heavy atom. The van der Waals surface area contributed by atoms with Crippen LogP contribution in [0, 0.1) is 0 Å². The predicted molar refractivity (Wildman–Crippen MR) is 118 cm³/mol. The van der Waals surface area contributed by atoms with Crippen LogP contribution in [0.4, 0.5) is 0 Å². The number of rotatable bonds is 11. The summed E-state index contributed by atoms with van der Waals surface area (Å²) in [6.07, 6.45) is 1.60. The Morgan fingerprint density at radius 3 is 1.77 bits per heavy atom. The fourth-order valence-corrected chi connectivity index (χ4v) is 5.78. The van der Waals surface area contributed by atoms with Crippen molar-refractivity contribution in [3.63, 3.8) is 0 Å². The van der Waals surface area contributed by atoms with Gasteiger partial charge in [0.2, 0.25) is 0 Å². The first-order valence-electron chi connectivity index (χ1n) is 8.54.